The van der Waals surface area contributed by atoms with Crippen molar-refractivity contribution in [3.05, 3.63) is 59.7 Å². The summed E-state index contributed by atoms with van der Waals surface area (Å²) in [6, 6.07) is 5.59. The summed E-state index contributed by atoms with van der Waals surface area (Å²) in [5.41, 5.74) is -0.181. The lowest BCUT2D eigenvalue weighted by molar-refractivity contribution is -0.166. The summed E-state index contributed by atoms with van der Waals surface area (Å²) in [6.45, 7) is 9.32. The summed E-state index contributed by atoms with van der Waals surface area (Å²) in [5.74, 6) is -3.52. The van der Waals surface area contributed by atoms with Crippen LogP contribution in [0, 0.1) is 0 Å². The number of hydrogen-bond donors (Lipinski definition) is 2. The maximum absolute atomic E-state index is 12.8. The van der Waals surface area contributed by atoms with Crippen molar-refractivity contribution in [2.24, 2.45) is 0 Å². The van der Waals surface area contributed by atoms with Crippen LogP contribution in [0.25, 0.3) is 0 Å². The molecule has 0 aliphatic heterocycles. The standard InChI is InChI=1S/C24H30O10/c1-15(2)21(27)31-19(11-7-13-25)33-23(29)17-9-5-6-10-18(17)24(30)34-20(12-8-14-26)32-22(28)16(3)4/h5-6,9-10,19-20,25-26H,1,3,7-8,11-14H2,2,4H3. The number of carbonyl (C=O) groups is 4. The highest BCUT2D eigenvalue weighted by Crippen LogP contribution is 2.18. The largest absolute Gasteiger partial charge is 0.422 e. The Labute approximate surface area is 197 Å². The molecule has 186 valence electrons. The Morgan fingerprint density at radius 3 is 1.38 bits per heavy atom. The van der Waals surface area contributed by atoms with E-state index < -0.39 is 36.5 Å². The molecule has 2 N–H and O–H groups in total. The van der Waals surface area contributed by atoms with Gasteiger partial charge in [-0.3, -0.25) is 0 Å². The van der Waals surface area contributed by atoms with E-state index in [9.17, 15) is 19.2 Å². The van der Waals surface area contributed by atoms with E-state index >= 15 is 0 Å². The zero-order chi connectivity index (χ0) is 25.7. The van der Waals surface area contributed by atoms with Gasteiger partial charge >= 0.3 is 23.9 Å². The zero-order valence-corrected chi connectivity index (χ0v) is 19.3. The van der Waals surface area contributed by atoms with Gasteiger partial charge in [0.2, 0.25) is 12.6 Å². The molecule has 2 unspecified atom stereocenters. The topological polar surface area (TPSA) is 146 Å². The molecule has 34 heavy (non-hydrogen) atoms. The maximum atomic E-state index is 12.8. The van der Waals surface area contributed by atoms with Crippen LogP contribution in [0.1, 0.15) is 60.2 Å². The molecule has 10 nitrogen and oxygen atoms in total. The molecule has 1 rings (SSSR count). The third-order valence-corrected chi connectivity index (χ3v) is 4.21. The van der Waals surface area contributed by atoms with E-state index in [4.69, 9.17) is 29.2 Å². The minimum absolute atomic E-state index is 0.0218. The molecule has 0 amide bonds. The second kappa shape index (κ2) is 14.6. The molecule has 0 heterocycles. The van der Waals surface area contributed by atoms with Crippen molar-refractivity contribution in [1.29, 1.82) is 0 Å². The normalized spacial score (nSPS) is 12.1. The van der Waals surface area contributed by atoms with E-state index in [-0.39, 0.29) is 61.2 Å². The summed E-state index contributed by atoms with van der Waals surface area (Å²) in [6.07, 6.45) is -2.22. The Bertz CT molecular complexity index is 832. The van der Waals surface area contributed by atoms with Crippen molar-refractivity contribution in [3.8, 4) is 0 Å². The predicted molar refractivity (Wildman–Crippen MR) is 119 cm³/mol. The fourth-order valence-electron chi connectivity index (χ4n) is 2.44. The highest BCUT2D eigenvalue weighted by atomic mass is 16.7. The quantitative estimate of drug-likeness (QED) is 0.232. The van der Waals surface area contributed by atoms with Gasteiger partial charge in [0.25, 0.3) is 0 Å². The number of ether oxygens (including phenoxy) is 4. The van der Waals surface area contributed by atoms with Crippen LogP contribution in [-0.4, -0.2) is 59.9 Å². The lowest BCUT2D eigenvalue weighted by Gasteiger charge is -2.20. The molecule has 10 heteroatoms. The summed E-state index contributed by atoms with van der Waals surface area (Å²) in [4.78, 5) is 49.2. The fraction of sp³-hybridized carbons (Fsp3) is 0.417. The molecule has 2 atom stereocenters. The lowest BCUT2D eigenvalue weighted by atomic mass is 10.1. The molecule has 0 spiro atoms. The number of rotatable bonds is 14. The van der Waals surface area contributed by atoms with Gasteiger partial charge in [0.05, 0.1) is 11.1 Å². The molecule has 0 aliphatic rings. The average molecular weight is 478 g/mol. The van der Waals surface area contributed by atoms with Crippen molar-refractivity contribution in [2.75, 3.05) is 13.2 Å². The SMILES string of the molecule is C=C(C)C(=O)OC(CCCO)OC(=O)c1ccccc1C(=O)OC(CCCO)OC(=O)C(=C)C. The van der Waals surface area contributed by atoms with Crippen LogP contribution in [0.15, 0.2) is 48.6 Å². The first-order valence-electron chi connectivity index (χ1n) is 10.6. The molecular formula is C24H30O10. The van der Waals surface area contributed by atoms with Gasteiger partial charge in [-0.25, -0.2) is 19.2 Å². The van der Waals surface area contributed by atoms with Gasteiger partial charge in [0.1, 0.15) is 0 Å². The average Bonchev–Trinajstić information content (AvgIpc) is 2.80. The molecular weight excluding hydrogens is 448 g/mol. The molecule has 0 bridgehead atoms. The molecule has 1 aromatic rings. The van der Waals surface area contributed by atoms with E-state index in [0.29, 0.717) is 0 Å². The maximum Gasteiger partial charge on any atom is 0.342 e. The Hall–Kier alpha value is -3.50. The van der Waals surface area contributed by atoms with Crippen molar-refractivity contribution >= 4 is 23.9 Å². The summed E-state index contributed by atoms with van der Waals surface area (Å²) >= 11 is 0. The van der Waals surface area contributed by atoms with E-state index in [1.807, 2.05) is 0 Å². The van der Waals surface area contributed by atoms with E-state index in [1.165, 1.54) is 38.1 Å². The number of hydrogen-bond acceptors (Lipinski definition) is 10. The summed E-state index contributed by atoms with van der Waals surface area (Å²) < 4.78 is 20.7. The van der Waals surface area contributed by atoms with Gasteiger partial charge < -0.3 is 29.2 Å². The molecule has 1 aromatic carbocycles. The van der Waals surface area contributed by atoms with E-state index in [0.717, 1.165) is 0 Å². The van der Waals surface area contributed by atoms with Crippen LogP contribution in [0.3, 0.4) is 0 Å². The van der Waals surface area contributed by atoms with Gasteiger partial charge in [-0.15, -0.1) is 0 Å². The highest BCUT2D eigenvalue weighted by Gasteiger charge is 2.27. The number of aliphatic hydroxyl groups excluding tert-OH is 2. The first-order valence-corrected chi connectivity index (χ1v) is 10.6. The van der Waals surface area contributed by atoms with Gasteiger partial charge in [0.15, 0.2) is 0 Å². The van der Waals surface area contributed by atoms with Gasteiger partial charge in [-0.2, -0.15) is 0 Å². The molecule has 0 aromatic heterocycles. The Balaban J connectivity index is 3.06. The Morgan fingerprint density at radius 2 is 1.09 bits per heavy atom. The van der Waals surface area contributed by atoms with Gasteiger partial charge in [-0.1, -0.05) is 25.3 Å². The first-order chi connectivity index (χ1) is 16.1. The number of carbonyl (C=O) groups excluding carboxylic acids is 4. The van der Waals surface area contributed by atoms with Crippen LogP contribution in [0.2, 0.25) is 0 Å². The molecule has 0 radical (unpaired) electrons. The van der Waals surface area contributed by atoms with Crippen LogP contribution in [-0.2, 0) is 28.5 Å². The third-order valence-electron chi connectivity index (χ3n) is 4.21. The van der Waals surface area contributed by atoms with Crippen LogP contribution < -0.4 is 0 Å². The second-order valence-corrected chi connectivity index (χ2v) is 7.32. The minimum atomic E-state index is -1.32. The minimum Gasteiger partial charge on any atom is -0.422 e. The number of esters is 4. The molecule has 0 aliphatic carbocycles. The monoisotopic (exact) mass is 478 g/mol. The zero-order valence-electron chi connectivity index (χ0n) is 19.3. The van der Waals surface area contributed by atoms with E-state index in [2.05, 4.69) is 13.2 Å². The van der Waals surface area contributed by atoms with Crippen LogP contribution >= 0.6 is 0 Å². The van der Waals surface area contributed by atoms with Crippen molar-refractivity contribution < 1.29 is 48.3 Å². The van der Waals surface area contributed by atoms with Crippen molar-refractivity contribution in [3.63, 3.8) is 0 Å². The smallest absolute Gasteiger partial charge is 0.342 e. The molecule has 0 fully saturated rings. The van der Waals surface area contributed by atoms with Crippen LogP contribution in [0.4, 0.5) is 0 Å². The number of aliphatic hydroxyl groups is 2. The van der Waals surface area contributed by atoms with Crippen molar-refractivity contribution in [1.82, 2.24) is 0 Å². The fourth-order valence-corrected chi connectivity index (χ4v) is 2.44. The molecule has 0 saturated heterocycles. The summed E-state index contributed by atoms with van der Waals surface area (Å²) in [5, 5.41) is 18.1. The van der Waals surface area contributed by atoms with Crippen LogP contribution in [0.5, 0.6) is 0 Å². The Morgan fingerprint density at radius 1 is 0.735 bits per heavy atom. The van der Waals surface area contributed by atoms with E-state index in [1.54, 1.807) is 0 Å². The second-order valence-electron chi connectivity index (χ2n) is 7.32. The number of benzene rings is 1. The first kappa shape index (κ1) is 28.5. The van der Waals surface area contributed by atoms with Gasteiger partial charge in [0, 0.05) is 37.2 Å². The lowest BCUT2D eigenvalue weighted by Crippen LogP contribution is -2.28. The van der Waals surface area contributed by atoms with Gasteiger partial charge in [-0.05, 0) is 38.8 Å². The summed E-state index contributed by atoms with van der Waals surface area (Å²) in [7, 11) is 0. The third kappa shape index (κ3) is 9.55. The molecule has 0 saturated carbocycles. The van der Waals surface area contributed by atoms with Crippen molar-refractivity contribution in [2.45, 2.75) is 52.1 Å². The Kier molecular flexibility index (Phi) is 12.3. The predicted octanol–water partition coefficient (Wildman–Crippen LogP) is 2.44. The highest BCUT2D eigenvalue weighted by molar-refractivity contribution is 6.03.